The van der Waals surface area contributed by atoms with Crippen LogP contribution in [-0.2, 0) is 6.54 Å². The van der Waals surface area contributed by atoms with Gasteiger partial charge in [0.1, 0.15) is 0 Å². The van der Waals surface area contributed by atoms with Crippen LogP contribution in [0.4, 0.5) is 5.69 Å². The Bertz CT molecular complexity index is 247. The maximum atomic E-state index is 4.20. The van der Waals surface area contributed by atoms with Crippen molar-refractivity contribution in [3.05, 3.63) is 12.4 Å². The van der Waals surface area contributed by atoms with Gasteiger partial charge in [-0.1, -0.05) is 6.92 Å². The molecule has 3 nitrogen and oxygen atoms in total. The molecule has 0 aliphatic carbocycles. The van der Waals surface area contributed by atoms with Crippen LogP contribution in [0.2, 0.25) is 0 Å². The lowest BCUT2D eigenvalue weighted by Gasteiger charge is -2.01. The maximum Gasteiger partial charge on any atom is 0.0726 e. The lowest BCUT2D eigenvalue weighted by molar-refractivity contribution is 0.660. The van der Waals surface area contributed by atoms with Crippen molar-refractivity contribution < 1.29 is 0 Å². The first-order valence-corrected chi connectivity index (χ1v) is 6.36. The fourth-order valence-electron chi connectivity index (χ4n) is 1.18. The quantitative estimate of drug-likeness (QED) is 0.706. The molecule has 1 N–H and O–H groups in total. The third-order valence-corrected chi connectivity index (χ3v) is 2.94. The minimum absolute atomic E-state index is 0.938. The topological polar surface area (TPSA) is 29.9 Å². The zero-order chi connectivity index (χ0) is 10.2. The highest BCUT2D eigenvalue weighted by Gasteiger charge is 1.95. The minimum atomic E-state index is 0.938. The molecule has 0 unspecified atom stereocenters. The van der Waals surface area contributed by atoms with E-state index in [4.69, 9.17) is 0 Å². The van der Waals surface area contributed by atoms with E-state index < -0.39 is 0 Å². The zero-order valence-corrected chi connectivity index (χ0v) is 9.81. The van der Waals surface area contributed by atoms with Crippen LogP contribution in [0, 0.1) is 0 Å². The van der Waals surface area contributed by atoms with Gasteiger partial charge in [-0.25, -0.2) is 0 Å². The molecule has 0 saturated carbocycles. The van der Waals surface area contributed by atoms with Crippen molar-refractivity contribution in [2.45, 2.75) is 26.8 Å². The molecule has 0 amide bonds. The molecule has 0 aromatic carbocycles. The molecule has 0 bridgehead atoms. The molecular weight excluding hydrogens is 194 g/mol. The number of hydrogen-bond acceptors (Lipinski definition) is 3. The van der Waals surface area contributed by atoms with Gasteiger partial charge in [0.2, 0.25) is 0 Å². The maximum absolute atomic E-state index is 4.20. The Labute approximate surface area is 90.3 Å². The Morgan fingerprint density at radius 3 is 3.00 bits per heavy atom. The van der Waals surface area contributed by atoms with Gasteiger partial charge in [-0.15, -0.1) is 0 Å². The summed E-state index contributed by atoms with van der Waals surface area (Å²) in [4.78, 5) is 0. The summed E-state index contributed by atoms with van der Waals surface area (Å²) in [5.41, 5.74) is 1.13. The van der Waals surface area contributed by atoms with Crippen LogP contribution in [0.1, 0.15) is 20.3 Å². The molecule has 0 aliphatic rings. The summed E-state index contributed by atoms with van der Waals surface area (Å²) in [7, 11) is 0. The van der Waals surface area contributed by atoms with Gasteiger partial charge in [0.15, 0.2) is 0 Å². The normalized spacial score (nSPS) is 10.4. The second kappa shape index (κ2) is 6.76. The predicted octanol–water partition coefficient (Wildman–Crippen LogP) is 2.46. The molecule has 0 fully saturated rings. The number of thioether (sulfide) groups is 1. The van der Waals surface area contributed by atoms with Crippen LogP contribution in [0.25, 0.3) is 0 Å². The second-order valence-electron chi connectivity index (χ2n) is 3.06. The number of aromatic nitrogens is 2. The molecule has 14 heavy (non-hydrogen) atoms. The standard InChI is InChI=1S/C10H19N3S/c1-3-13-9-10(8-12-13)11-6-5-7-14-4-2/h8-9,11H,3-7H2,1-2H3. The van der Waals surface area contributed by atoms with E-state index in [9.17, 15) is 0 Å². The number of rotatable bonds is 7. The van der Waals surface area contributed by atoms with Gasteiger partial charge < -0.3 is 5.32 Å². The lowest BCUT2D eigenvalue weighted by atomic mass is 10.4. The first kappa shape index (κ1) is 11.4. The molecule has 0 atom stereocenters. The number of aryl methyl sites for hydroxylation is 1. The smallest absolute Gasteiger partial charge is 0.0726 e. The number of anilines is 1. The summed E-state index contributed by atoms with van der Waals surface area (Å²) < 4.78 is 1.93. The van der Waals surface area contributed by atoms with Crippen LogP contribution in [0.3, 0.4) is 0 Å². The van der Waals surface area contributed by atoms with Crippen LogP contribution in [0.15, 0.2) is 12.4 Å². The van der Waals surface area contributed by atoms with Crippen molar-refractivity contribution in [2.75, 3.05) is 23.4 Å². The van der Waals surface area contributed by atoms with E-state index in [-0.39, 0.29) is 0 Å². The van der Waals surface area contributed by atoms with Crippen LogP contribution < -0.4 is 5.32 Å². The van der Waals surface area contributed by atoms with E-state index in [2.05, 4.69) is 24.3 Å². The van der Waals surface area contributed by atoms with E-state index in [1.165, 1.54) is 17.9 Å². The molecule has 0 spiro atoms. The zero-order valence-electron chi connectivity index (χ0n) is 8.99. The van der Waals surface area contributed by atoms with Crippen LogP contribution >= 0.6 is 11.8 Å². The number of nitrogens with zero attached hydrogens (tertiary/aromatic N) is 2. The molecule has 1 rings (SSSR count). The molecule has 1 heterocycles. The Hall–Kier alpha value is -0.640. The molecule has 1 aromatic rings. The Balaban J connectivity index is 2.12. The summed E-state index contributed by atoms with van der Waals surface area (Å²) in [6.45, 7) is 6.27. The largest absolute Gasteiger partial charge is 0.382 e. The molecule has 4 heteroatoms. The van der Waals surface area contributed by atoms with Gasteiger partial charge in [0.05, 0.1) is 11.9 Å². The van der Waals surface area contributed by atoms with Crippen molar-refractivity contribution in [3.8, 4) is 0 Å². The highest BCUT2D eigenvalue weighted by atomic mass is 32.2. The van der Waals surface area contributed by atoms with E-state index in [0.717, 1.165) is 18.8 Å². The van der Waals surface area contributed by atoms with Gasteiger partial charge in [0, 0.05) is 19.3 Å². The number of hydrogen-bond donors (Lipinski definition) is 1. The van der Waals surface area contributed by atoms with E-state index in [1.54, 1.807) is 0 Å². The molecule has 1 aromatic heterocycles. The third-order valence-electron chi connectivity index (χ3n) is 1.96. The third kappa shape index (κ3) is 4.05. The van der Waals surface area contributed by atoms with Crippen molar-refractivity contribution in [3.63, 3.8) is 0 Å². The second-order valence-corrected chi connectivity index (χ2v) is 4.46. The summed E-state index contributed by atoms with van der Waals surface area (Å²) >= 11 is 1.99. The average Bonchev–Trinajstić information content (AvgIpc) is 2.65. The Morgan fingerprint density at radius 1 is 1.50 bits per heavy atom. The molecule has 0 saturated heterocycles. The van der Waals surface area contributed by atoms with E-state index in [0.29, 0.717) is 0 Å². The molecular formula is C10H19N3S. The summed E-state index contributed by atoms with van der Waals surface area (Å²) in [6.07, 6.45) is 5.15. The first-order valence-electron chi connectivity index (χ1n) is 5.21. The van der Waals surface area contributed by atoms with Gasteiger partial charge in [0.25, 0.3) is 0 Å². The summed E-state index contributed by atoms with van der Waals surface area (Å²) in [5, 5.41) is 7.56. The van der Waals surface area contributed by atoms with Crippen LogP contribution in [0.5, 0.6) is 0 Å². The molecule has 0 radical (unpaired) electrons. The molecule has 0 aliphatic heterocycles. The molecule has 80 valence electrons. The minimum Gasteiger partial charge on any atom is -0.382 e. The van der Waals surface area contributed by atoms with Crippen molar-refractivity contribution >= 4 is 17.4 Å². The Morgan fingerprint density at radius 2 is 2.36 bits per heavy atom. The monoisotopic (exact) mass is 213 g/mol. The fraction of sp³-hybridized carbons (Fsp3) is 0.700. The van der Waals surface area contributed by atoms with Crippen LogP contribution in [-0.4, -0.2) is 27.8 Å². The van der Waals surface area contributed by atoms with Gasteiger partial charge in [-0.3, -0.25) is 4.68 Å². The van der Waals surface area contributed by atoms with Gasteiger partial charge in [-0.05, 0) is 24.9 Å². The average molecular weight is 213 g/mol. The SMILES string of the molecule is CCSCCCNc1cnn(CC)c1. The van der Waals surface area contributed by atoms with Crippen molar-refractivity contribution in [1.82, 2.24) is 9.78 Å². The van der Waals surface area contributed by atoms with Crippen molar-refractivity contribution in [1.29, 1.82) is 0 Å². The van der Waals surface area contributed by atoms with Gasteiger partial charge >= 0.3 is 0 Å². The van der Waals surface area contributed by atoms with Gasteiger partial charge in [-0.2, -0.15) is 16.9 Å². The highest BCUT2D eigenvalue weighted by Crippen LogP contribution is 2.06. The van der Waals surface area contributed by atoms with E-state index in [1.807, 2.05) is 28.8 Å². The summed E-state index contributed by atoms with van der Waals surface area (Å²) in [5.74, 6) is 2.46. The highest BCUT2D eigenvalue weighted by molar-refractivity contribution is 7.99. The Kier molecular flexibility index (Phi) is 5.52. The predicted molar refractivity (Wildman–Crippen MR) is 64.0 cm³/mol. The van der Waals surface area contributed by atoms with Crippen molar-refractivity contribution in [2.24, 2.45) is 0 Å². The first-order chi connectivity index (χ1) is 6.86. The fourth-order valence-corrected chi connectivity index (χ4v) is 1.82. The lowest BCUT2D eigenvalue weighted by Crippen LogP contribution is -2.01. The summed E-state index contributed by atoms with van der Waals surface area (Å²) in [6, 6.07) is 0. The van der Waals surface area contributed by atoms with E-state index >= 15 is 0 Å². The number of nitrogens with one attached hydrogen (secondary N) is 1.